The van der Waals surface area contributed by atoms with Crippen molar-refractivity contribution >= 4 is 33.9 Å². The van der Waals surface area contributed by atoms with E-state index in [1.165, 1.54) is 6.07 Å². The topological polar surface area (TPSA) is 127 Å². The van der Waals surface area contributed by atoms with Gasteiger partial charge in [0.05, 0.1) is 16.9 Å². The number of aliphatic hydroxyl groups is 1. The van der Waals surface area contributed by atoms with Gasteiger partial charge < -0.3 is 20.4 Å². The van der Waals surface area contributed by atoms with Crippen molar-refractivity contribution in [2.45, 2.75) is 37.7 Å². The number of carboxylic acids is 1. The summed E-state index contributed by atoms with van der Waals surface area (Å²) in [5, 5.41) is 19.4. The summed E-state index contributed by atoms with van der Waals surface area (Å²) in [5.41, 5.74) is 6.53. The van der Waals surface area contributed by atoms with Crippen molar-refractivity contribution in [1.82, 2.24) is 4.98 Å². The van der Waals surface area contributed by atoms with Gasteiger partial charge in [0.1, 0.15) is 17.0 Å². The standard InChI is InChI=1S/C19H18N2O5/c20-17-14(19(24)25)8-13-16(23)12-7-10(9-1-4-11(22)5-2-9)3-6-15(12)26-18(13)21-17/h3,6-9,11,22H,1-2,4-5H2,(H2,20,21)(H,24,25). The maximum atomic E-state index is 12.9. The Labute approximate surface area is 148 Å². The first-order valence-corrected chi connectivity index (χ1v) is 8.52. The Morgan fingerprint density at radius 3 is 2.58 bits per heavy atom. The molecule has 1 fully saturated rings. The average molecular weight is 354 g/mol. The van der Waals surface area contributed by atoms with Crippen LogP contribution in [0.1, 0.15) is 47.5 Å². The molecule has 0 aliphatic heterocycles. The van der Waals surface area contributed by atoms with Gasteiger partial charge in [-0.3, -0.25) is 4.79 Å². The number of nitrogens with two attached hydrogens (primary N) is 1. The van der Waals surface area contributed by atoms with E-state index in [0.717, 1.165) is 31.2 Å². The zero-order valence-corrected chi connectivity index (χ0v) is 13.9. The second kappa shape index (κ2) is 6.10. The normalized spacial score (nSPS) is 20.5. The van der Waals surface area contributed by atoms with Gasteiger partial charge in [-0.15, -0.1) is 0 Å². The summed E-state index contributed by atoms with van der Waals surface area (Å²) in [6.45, 7) is 0. The van der Waals surface area contributed by atoms with Gasteiger partial charge in [0.15, 0.2) is 0 Å². The molecule has 1 aliphatic carbocycles. The monoisotopic (exact) mass is 354 g/mol. The fourth-order valence-corrected chi connectivity index (χ4v) is 3.65. The lowest BCUT2D eigenvalue weighted by molar-refractivity contribution is 0.0698. The highest BCUT2D eigenvalue weighted by Crippen LogP contribution is 2.34. The van der Waals surface area contributed by atoms with Gasteiger partial charge in [0, 0.05) is 0 Å². The van der Waals surface area contributed by atoms with E-state index < -0.39 is 5.97 Å². The smallest absolute Gasteiger partial charge is 0.339 e. The van der Waals surface area contributed by atoms with E-state index in [4.69, 9.17) is 10.2 Å². The number of hydrogen-bond acceptors (Lipinski definition) is 6. The van der Waals surface area contributed by atoms with Gasteiger partial charge in [-0.1, -0.05) is 6.07 Å². The predicted octanol–water partition coefficient (Wildman–Crippen LogP) is 2.64. The number of benzene rings is 1. The molecule has 134 valence electrons. The van der Waals surface area contributed by atoms with E-state index in [1.807, 2.05) is 6.07 Å². The molecule has 0 unspecified atom stereocenters. The summed E-state index contributed by atoms with van der Waals surface area (Å²) >= 11 is 0. The summed E-state index contributed by atoms with van der Waals surface area (Å²) in [6, 6.07) is 6.68. The lowest BCUT2D eigenvalue weighted by atomic mass is 9.82. The van der Waals surface area contributed by atoms with Crippen LogP contribution < -0.4 is 11.2 Å². The largest absolute Gasteiger partial charge is 0.478 e. The molecule has 0 bridgehead atoms. The van der Waals surface area contributed by atoms with Crippen molar-refractivity contribution in [2.24, 2.45) is 0 Å². The van der Waals surface area contributed by atoms with Crippen molar-refractivity contribution in [3.05, 3.63) is 45.6 Å². The van der Waals surface area contributed by atoms with Gasteiger partial charge in [-0.05, 0) is 55.4 Å². The van der Waals surface area contributed by atoms with E-state index >= 15 is 0 Å². The summed E-state index contributed by atoms with van der Waals surface area (Å²) in [7, 11) is 0. The summed E-state index contributed by atoms with van der Waals surface area (Å²) in [4.78, 5) is 28.1. The molecular weight excluding hydrogens is 336 g/mol. The quantitative estimate of drug-likeness (QED) is 0.604. The minimum atomic E-state index is -1.24. The molecule has 1 aliphatic rings. The Morgan fingerprint density at radius 2 is 1.88 bits per heavy atom. The number of fused-ring (bicyclic) bond motifs is 2. The van der Waals surface area contributed by atoms with E-state index in [1.54, 1.807) is 12.1 Å². The lowest BCUT2D eigenvalue weighted by Gasteiger charge is -2.25. The van der Waals surface area contributed by atoms with Crippen molar-refractivity contribution in [2.75, 3.05) is 5.73 Å². The number of aromatic carboxylic acids is 1. The Balaban J connectivity index is 1.88. The molecule has 4 rings (SSSR count). The molecule has 1 saturated carbocycles. The van der Waals surface area contributed by atoms with Crippen molar-refractivity contribution < 1.29 is 19.4 Å². The number of carbonyl (C=O) groups is 1. The summed E-state index contributed by atoms with van der Waals surface area (Å²) in [5.74, 6) is -1.15. The Bertz CT molecular complexity index is 1080. The zero-order valence-electron chi connectivity index (χ0n) is 13.9. The van der Waals surface area contributed by atoms with Crippen LogP contribution in [0.25, 0.3) is 22.1 Å². The number of hydrogen-bond donors (Lipinski definition) is 3. The number of pyridine rings is 1. The Kier molecular flexibility index (Phi) is 3.88. The number of nitrogens with zero attached hydrogens (tertiary/aromatic N) is 1. The minimum Gasteiger partial charge on any atom is -0.478 e. The number of aromatic nitrogens is 1. The second-order valence-corrected chi connectivity index (χ2v) is 6.77. The van der Waals surface area contributed by atoms with Crippen LogP contribution >= 0.6 is 0 Å². The maximum Gasteiger partial charge on any atom is 0.339 e. The summed E-state index contributed by atoms with van der Waals surface area (Å²) < 4.78 is 5.68. The molecule has 0 atom stereocenters. The van der Waals surface area contributed by atoms with Crippen LogP contribution in [-0.2, 0) is 0 Å². The van der Waals surface area contributed by atoms with Crippen molar-refractivity contribution in [3.8, 4) is 0 Å². The van der Waals surface area contributed by atoms with Crippen LogP contribution in [-0.4, -0.2) is 27.3 Å². The fraction of sp³-hybridized carbons (Fsp3) is 0.316. The highest BCUT2D eigenvalue weighted by atomic mass is 16.4. The highest BCUT2D eigenvalue weighted by molar-refractivity contribution is 5.98. The maximum absolute atomic E-state index is 12.9. The Morgan fingerprint density at radius 1 is 1.15 bits per heavy atom. The van der Waals surface area contributed by atoms with Crippen molar-refractivity contribution in [3.63, 3.8) is 0 Å². The summed E-state index contributed by atoms with van der Waals surface area (Å²) in [6.07, 6.45) is 2.99. The number of rotatable bonds is 2. The average Bonchev–Trinajstić information content (AvgIpc) is 2.62. The zero-order chi connectivity index (χ0) is 18.4. The molecule has 4 N–H and O–H groups in total. The molecule has 0 saturated heterocycles. The van der Waals surface area contributed by atoms with Gasteiger partial charge in [0.2, 0.25) is 11.1 Å². The van der Waals surface area contributed by atoms with E-state index in [2.05, 4.69) is 4.98 Å². The minimum absolute atomic E-state index is 0.0264. The molecule has 7 heteroatoms. The predicted molar refractivity (Wildman–Crippen MR) is 96.4 cm³/mol. The number of anilines is 1. The van der Waals surface area contributed by atoms with E-state index in [0.29, 0.717) is 11.0 Å². The molecular formula is C19H18N2O5. The third-order valence-electron chi connectivity index (χ3n) is 5.12. The van der Waals surface area contributed by atoms with E-state index in [-0.39, 0.29) is 39.9 Å². The highest BCUT2D eigenvalue weighted by Gasteiger charge is 2.22. The van der Waals surface area contributed by atoms with Gasteiger partial charge in [0.25, 0.3) is 0 Å². The molecule has 0 radical (unpaired) electrons. The lowest BCUT2D eigenvalue weighted by Crippen LogP contribution is -2.17. The Hall–Kier alpha value is -2.93. The molecule has 7 nitrogen and oxygen atoms in total. The molecule has 2 aromatic heterocycles. The number of carboxylic acid groups (broad SMARTS) is 1. The van der Waals surface area contributed by atoms with Crippen LogP contribution in [0.4, 0.5) is 5.82 Å². The number of nitrogen functional groups attached to an aromatic ring is 1. The second-order valence-electron chi connectivity index (χ2n) is 6.77. The van der Waals surface area contributed by atoms with E-state index in [9.17, 15) is 19.8 Å². The molecule has 1 aromatic carbocycles. The molecule has 2 heterocycles. The SMILES string of the molecule is Nc1nc2oc3ccc(C4CCC(O)CC4)cc3c(=O)c2cc1C(=O)O. The third kappa shape index (κ3) is 2.70. The van der Waals surface area contributed by atoms with Crippen molar-refractivity contribution in [1.29, 1.82) is 0 Å². The van der Waals surface area contributed by atoms with Crippen LogP contribution in [0, 0.1) is 0 Å². The van der Waals surface area contributed by atoms with Crippen LogP contribution in [0.3, 0.4) is 0 Å². The first-order valence-electron chi connectivity index (χ1n) is 8.52. The molecule has 0 amide bonds. The molecule has 0 spiro atoms. The fourth-order valence-electron chi connectivity index (χ4n) is 3.65. The van der Waals surface area contributed by atoms with Crippen LogP contribution in [0.2, 0.25) is 0 Å². The first-order chi connectivity index (χ1) is 12.4. The van der Waals surface area contributed by atoms with Crippen LogP contribution in [0.5, 0.6) is 0 Å². The molecule has 3 aromatic rings. The number of aliphatic hydroxyl groups excluding tert-OH is 1. The van der Waals surface area contributed by atoms with Gasteiger partial charge >= 0.3 is 5.97 Å². The molecule has 26 heavy (non-hydrogen) atoms. The van der Waals surface area contributed by atoms with Crippen LogP contribution in [0.15, 0.2) is 33.5 Å². The van der Waals surface area contributed by atoms with Gasteiger partial charge in [-0.2, -0.15) is 4.98 Å². The first kappa shape index (κ1) is 16.5. The third-order valence-corrected chi connectivity index (χ3v) is 5.12. The van der Waals surface area contributed by atoms with Gasteiger partial charge in [-0.25, -0.2) is 4.79 Å².